The number of hydrogen-bond donors (Lipinski definition) is 1. The van der Waals surface area contributed by atoms with Crippen molar-refractivity contribution < 1.29 is 23.1 Å². The minimum atomic E-state index is -0.323. The second kappa shape index (κ2) is 9.56. The lowest BCUT2D eigenvalue weighted by molar-refractivity contribution is 0.0940. The van der Waals surface area contributed by atoms with Crippen molar-refractivity contribution in [1.29, 1.82) is 0 Å². The molecule has 0 aliphatic rings. The number of benzene rings is 3. The second-order valence-electron chi connectivity index (χ2n) is 7.39. The quantitative estimate of drug-likeness (QED) is 0.397. The molecule has 1 atom stereocenters. The van der Waals surface area contributed by atoms with Gasteiger partial charge in [-0.1, -0.05) is 24.3 Å². The molecule has 1 aromatic heterocycles. The van der Waals surface area contributed by atoms with E-state index in [0.29, 0.717) is 39.8 Å². The number of hydrogen-bond acceptors (Lipinski definition) is 5. The number of amides is 1. The highest BCUT2D eigenvalue weighted by molar-refractivity contribution is 6.00. The van der Waals surface area contributed by atoms with Gasteiger partial charge in [0.25, 0.3) is 5.91 Å². The summed E-state index contributed by atoms with van der Waals surface area (Å²) in [5.41, 5.74) is 2.48. The van der Waals surface area contributed by atoms with Crippen molar-refractivity contribution in [3.8, 4) is 34.3 Å². The lowest BCUT2D eigenvalue weighted by Gasteiger charge is -2.15. The molecule has 1 heterocycles. The van der Waals surface area contributed by atoms with Gasteiger partial charge in [-0.15, -0.1) is 0 Å². The summed E-state index contributed by atoms with van der Waals surface area (Å²) in [6.07, 6.45) is 1.59. The van der Waals surface area contributed by atoms with Crippen molar-refractivity contribution >= 4 is 5.91 Å². The number of rotatable bonds is 7. The maximum atomic E-state index is 13.2. The van der Waals surface area contributed by atoms with Gasteiger partial charge in [0, 0.05) is 11.6 Å². The van der Waals surface area contributed by atoms with Gasteiger partial charge in [0.15, 0.2) is 5.76 Å². The zero-order valence-corrected chi connectivity index (χ0v) is 18.5. The lowest BCUT2D eigenvalue weighted by atomic mass is 10.0. The van der Waals surface area contributed by atoms with Gasteiger partial charge in [0.1, 0.15) is 17.3 Å². The molecule has 0 aliphatic heterocycles. The van der Waals surface area contributed by atoms with E-state index in [1.54, 1.807) is 62.9 Å². The third-order valence-electron chi connectivity index (χ3n) is 5.30. The van der Waals surface area contributed by atoms with Gasteiger partial charge in [-0.2, -0.15) is 0 Å². The lowest BCUT2D eigenvalue weighted by Crippen LogP contribution is -2.27. The van der Waals surface area contributed by atoms with E-state index in [1.165, 1.54) is 12.1 Å². The summed E-state index contributed by atoms with van der Waals surface area (Å²) in [5.74, 6) is 1.44. The minimum absolute atomic E-state index is 0.288. The number of carbonyl (C=O) groups excluding carboxylic acids is 1. The summed E-state index contributed by atoms with van der Waals surface area (Å²) in [6.45, 7) is 1.84. The van der Waals surface area contributed by atoms with Gasteiger partial charge < -0.3 is 19.2 Å². The predicted octanol–water partition coefficient (Wildman–Crippen LogP) is 5.66. The number of nitrogens with one attached hydrogen (secondary N) is 1. The molecule has 1 amide bonds. The monoisotopic (exact) mass is 446 g/mol. The number of nitrogens with zero attached hydrogens (tertiary/aromatic N) is 1. The van der Waals surface area contributed by atoms with E-state index in [1.807, 2.05) is 19.1 Å². The topological polar surface area (TPSA) is 73.6 Å². The van der Waals surface area contributed by atoms with E-state index in [9.17, 15) is 9.18 Å². The highest BCUT2D eigenvalue weighted by atomic mass is 19.1. The Hall–Kier alpha value is -4.13. The zero-order valence-electron chi connectivity index (χ0n) is 18.5. The Kier molecular flexibility index (Phi) is 6.40. The van der Waals surface area contributed by atoms with Gasteiger partial charge >= 0.3 is 0 Å². The summed E-state index contributed by atoms with van der Waals surface area (Å²) in [7, 11) is 3.15. The van der Waals surface area contributed by atoms with Crippen LogP contribution in [0.4, 0.5) is 4.39 Å². The highest BCUT2D eigenvalue weighted by Gasteiger charge is 2.20. The summed E-state index contributed by atoms with van der Waals surface area (Å²) >= 11 is 0. The van der Waals surface area contributed by atoms with E-state index in [2.05, 4.69) is 10.3 Å². The first-order valence-corrected chi connectivity index (χ1v) is 10.3. The van der Waals surface area contributed by atoms with Crippen molar-refractivity contribution in [2.45, 2.75) is 13.0 Å². The molecule has 168 valence electrons. The Labute approximate surface area is 191 Å². The third-order valence-corrected chi connectivity index (χ3v) is 5.30. The first-order valence-electron chi connectivity index (χ1n) is 10.3. The molecule has 0 bridgehead atoms. The molecule has 0 radical (unpaired) electrons. The minimum Gasteiger partial charge on any atom is -0.497 e. The zero-order chi connectivity index (χ0) is 23.4. The van der Waals surface area contributed by atoms with Crippen LogP contribution >= 0.6 is 0 Å². The van der Waals surface area contributed by atoms with E-state index >= 15 is 0 Å². The fraction of sp³-hybridized carbons (Fsp3) is 0.154. The maximum Gasteiger partial charge on any atom is 0.252 e. The van der Waals surface area contributed by atoms with Crippen molar-refractivity contribution in [2.75, 3.05) is 14.2 Å². The molecule has 0 saturated heterocycles. The van der Waals surface area contributed by atoms with E-state index < -0.39 is 0 Å². The number of aromatic nitrogens is 1. The molecule has 3 aromatic carbocycles. The van der Waals surface area contributed by atoms with Crippen LogP contribution in [0.2, 0.25) is 0 Å². The first kappa shape index (κ1) is 22.1. The fourth-order valence-corrected chi connectivity index (χ4v) is 3.50. The average molecular weight is 446 g/mol. The number of methoxy groups -OCH3 is 2. The summed E-state index contributed by atoms with van der Waals surface area (Å²) in [4.78, 5) is 17.4. The third kappa shape index (κ3) is 4.72. The molecule has 1 N–H and O–H groups in total. The predicted molar refractivity (Wildman–Crippen MR) is 123 cm³/mol. The normalized spacial score (nSPS) is 11.6. The molecule has 0 fully saturated rings. The SMILES string of the molecule is COc1ccc(-c2cnc(-c3ccccc3C(=O)N[C@H](C)c3ccc(F)cc3)o2)c(OC)c1. The van der Waals surface area contributed by atoms with Crippen LogP contribution in [0.25, 0.3) is 22.8 Å². The Morgan fingerprint density at radius 3 is 2.48 bits per heavy atom. The van der Waals surface area contributed by atoms with E-state index in [4.69, 9.17) is 13.9 Å². The molecular formula is C26H23FN2O4. The molecule has 0 saturated carbocycles. The highest BCUT2D eigenvalue weighted by Crippen LogP contribution is 2.35. The summed E-state index contributed by atoms with van der Waals surface area (Å²) in [5, 5.41) is 2.95. The molecule has 33 heavy (non-hydrogen) atoms. The molecular weight excluding hydrogens is 423 g/mol. The van der Waals surface area contributed by atoms with E-state index in [-0.39, 0.29) is 17.8 Å². The Morgan fingerprint density at radius 1 is 1.00 bits per heavy atom. The van der Waals surface area contributed by atoms with Crippen molar-refractivity contribution in [2.24, 2.45) is 0 Å². The molecule has 7 heteroatoms. The molecule has 0 aliphatic carbocycles. The van der Waals surface area contributed by atoms with Gasteiger partial charge in [-0.05, 0) is 48.9 Å². The first-order chi connectivity index (χ1) is 16.0. The molecule has 6 nitrogen and oxygen atoms in total. The average Bonchev–Trinajstić information content (AvgIpc) is 3.34. The second-order valence-corrected chi connectivity index (χ2v) is 7.39. The van der Waals surface area contributed by atoms with Crippen LogP contribution in [0, 0.1) is 5.82 Å². The van der Waals surface area contributed by atoms with Gasteiger partial charge in [0.05, 0.1) is 37.6 Å². The smallest absolute Gasteiger partial charge is 0.252 e. The van der Waals surface area contributed by atoms with Crippen molar-refractivity contribution in [1.82, 2.24) is 10.3 Å². The maximum absolute atomic E-state index is 13.2. The molecule has 4 aromatic rings. The van der Waals surface area contributed by atoms with Crippen LogP contribution in [-0.2, 0) is 0 Å². The van der Waals surface area contributed by atoms with Gasteiger partial charge in [-0.25, -0.2) is 9.37 Å². The van der Waals surface area contributed by atoms with Crippen molar-refractivity contribution in [3.63, 3.8) is 0 Å². The number of halogens is 1. The van der Waals surface area contributed by atoms with Gasteiger partial charge in [0.2, 0.25) is 5.89 Å². The van der Waals surface area contributed by atoms with Crippen molar-refractivity contribution in [3.05, 3.63) is 89.9 Å². The number of ether oxygens (including phenoxy) is 2. The summed E-state index contributed by atoms with van der Waals surface area (Å²) in [6, 6.07) is 18.2. The standard InChI is InChI=1S/C26H23FN2O4/c1-16(17-8-10-18(27)11-9-17)29-25(30)20-6-4-5-7-21(20)26-28-15-24(33-26)22-13-12-19(31-2)14-23(22)32-3/h4-16H,1-3H3,(H,29,30)/t16-/m1/s1. The van der Waals surface area contributed by atoms with Crippen LogP contribution in [-0.4, -0.2) is 25.1 Å². The number of carbonyl (C=O) groups is 1. The fourth-order valence-electron chi connectivity index (χ4n) is 3.50. The Morgan fingerprint density at radius 2 is 1.76 bits per heavy atom. The summed E-state index contributed by atoms with van der Waals surface area (Å²) < 4.78 is 29.9. The molecule has 4 rings (SSSR count). The van der Waals surface area contributed by atoms with Crippen LogP contribution in [0.15, 0.2) is 77.3 Å². The van der Waals surface area contributed by atoms with E-state index in [0.717, 1.165) is 5.56 Å². The Balaban J connectivity index is 1.61. The largest absolute Gasteiger partial charge is 0.497 e. The molecule has 0 spiro atoms. The van der Waals surface area contributed by atoms with Crippen LogP contribution in [0.3, 0.4) is 0 Å². The number of oxazole rings is 1. The van der Waals surface area contributed by atoms with Gasteiger partial charge in [-0.3, -0.25) is 4.79 Å². The van der Waals surface area contributed by atoms with Crippen LogP contribution in [0.5, 0.6) is 11.5 Å². The van der Waals surface area contributed by atoms with Crippen LogP contribution < -0.4 is 14.8 Å². The molecule has 0 unspecified atom stereocenters. The Bertz CT molecular complexity index is 1270. The van der Waals surface area contributed by atoms with Crippen LogP contribution in [0.1, 0.15) is 28.9 Å².